The van der Waals surface area contributed by atoms with Gasteiger partial charge < -0.3 is 0 Å². The van der Waals surface area contributed by atoms with E-state index in [1.165, 1.54) is 33.4 Å². The molecule has 3 aromatic carbocycles. The quantitative estimate of drug-likeness (QED) is 0.476. The average Bonchev–Trinajstić information content (AvgIpc) is 3.13. The summed E-state index contributed by atoms with van der Waals surface area (Å²) in [6, 6.07) is 26.5. The fourth-order valence-electron chi connectivity index (χ4n) is 4.59. The van der Waals surface area contributed by atoms with Crippen molar-refractivity contribution in [2.75, 3.05) is 32.7 Å². The van der Waals surface area contributed by atoms with Crippen molar-refractivity contribution < 1.29 is 0 Å². The van der Waals surface area contributed by atoms with Crippen LogP contribution in [0.25, 0.3) is 17.2 Å². The SMILES string of the molecule is C(=Cc1ccccc1)CN1CCN(Cc2ccc3c(c2)Cc2ccccc2-3)CC1. The normalized spacial score (nSPS) is 16.8. The third-order valence-corrected chi connectivity index (χ3v) is 6.20. The summed E-state index contributed by atoms with van der Waals surface area (Å²) < 4.78 is 0. The molecule has 1 heterocycles. The second kappa shape index (κ2) is 8.36. The van der Waals surface area contributed by atoms with Gasteiger partial charge in [0.05, 0.1) is 0 Å². The molecule has 0 bridgehead atoms. The van der Waals surface area contributed by atoms with E-state index in [1.54, 1.807) is 0 Å². The molecule has 3 aromatic rings. The number of nitrogens with zero attached hydrogens (tertiary/aromatic N) is 2. The van der Waals surface area contributed by atoms with Crippen molar-refractivity contribution in [2.24, 2.45) is 0 Å². The number of fused-ring (bicyclic) bond motifs is 3. The lowest BCUT2D eigenvalue weighted by Gasteiger charge is -2.34. The minimum atomic E-state index is 1.04. The van der Waals surface area contributed by atoms with Crippen molar-refractivity contribution in [1.29, 1.82) is 0 Å². The van der Waals surface area contributed by atoms with Crippen LogP contribution in [0.15, 0.2) is 78.9 Å². The number of rotatable bonds is 5. The molecule has 0 atom stereocenters. The summed E-state index contributed by atoms with van der Waals surface area (Å²) in [6.45, 7) is 6.70. The third kappa shape index (κ3) is 4.19. The fourth-order valence-corrected chi connectivity index (χ4v) is 4.59. The molecule has 29 heavy (non-hydrogen) atoms. The molecule has 5 rings (SSSR count). The molecule has 2 nitrogen and oxygen atoms in total. The average molecular weight is 381 g/mol. The summed E-state index contributed by atoms with van der Waals surface area (Å²) in [5.74, 6) is 0. The Morgan fingerprint density at radius 3 is 2.28 bits per heavy atom. The lowest BCUT2D eigenvalue weighted by atomic mass is 10.0. The molecular formula is C27H28N2. The van der Waals surface area contributed by atoms with Crippen LogP contribution in [-0.2, 0) is 13.0 Å². The van der Waals surface area contributed by atoms with Gasteiger partial charge in [0.25, 0.3) is 0 Å². The van der Waals surface area contributed by atoms with Crippen LogP contribution in [0.2, 0.25) is 0 Å². The Morgan fingerprint density at radius 2 is 1.41 bits per heavy atom. The largest absolute Gasteiger partial charge is 0.297 e. The van der Waals surface area contributed by atoms with Gasteiger partial charge >= 0.3 is 0 Å². The first-order chi connectivity index (χ1) is 14.3. The van der Waals surface area contributed by atoms with E-state index in [9.17, 15) is 0 Å². The van der Waals surface area contributed by atoms with E-state index in [0.717, 1.165) is 45.7 Å². The Balaban J connectivity index is 1.14. The Bertz CT molecular complexity index is 998. The van der Waals surface area contributed by atoms with Gasteiger partial charge in [-0.15, -0.1) is 0 Å². The zero-order chi connectivity index (χ0) is 19.5. The Labute approximate surface area is 174 Å². The van der Waals surface area contributed by atoms with Crippen molar-refractivity contribution >= 4 is 6.08 Å². The summed E-state index contributed by atoms with van der Waals surface area (Å²) in [5, 5.41) is 0. The lowest BCUT2D eigenvalue weighted by Crippen LogP contribution is -2.45. The predicted molar refractivity (Wildman–Crippen MR) is 122 cm³/mol. The number of benzene rings is 3. The zero-order valence-electron chi connectivity index (χ0n) is 16.9. The van der Waals surface area contributed by atoms with Gasteiger partial charge in [-0.05, 0) is 39.8 Å². The van der Waals surface area contributed by atoms with E-state index in [1.807, 2.05) is 0 Å². The first kappa shape index (κ1) is 18.4. The van der Waals surface area contributed by atoms with Crippen molar-refractivity contribution in [3.05, 3.63) is 101 Å². The van der Waals surface area contributed by atoms with Crippen molar-refractivity contribution in [1.82, 2.24) is 9.80 Å². The third-order valence-electron chi connectivity index (χ3n) is 6.20. The van der Waals surface area contributed by atoms with E-state index in [2.05, 4.69) is 94.7 Å². The van der Waals surface area contributed by atoms with Crippen LogP contribution in [0.5, 0.6) is 0 Å². The highest BCUT2D eigenvalue weighted by molar-refractivity contribution is 5.76. The van der Waals surface area contributed by atoms with Gasteiger partial charge in [0.15, 0.2) is 0 Å². The van der Waals surface area contributed by atoms with Gasteiger partial charge in [-0.1, -0.05) is 84.9 Å². The van der Waals surface area contributed by atoms with Gasteiger partial charge in [-0.3, -0.25) is 9.80 Å². The maximum Gasteiger partial charge on any atom is 0.0234 e. The number of piperazine rings is 1. The van der Waals surface area contributed by atoms with Gasteiger partial charge in [0.1, 0.15) is 0 Å². The number of hydrogen-bond donors (Lipinski definition) is 0. The predicted octanol–water partition coefficient (Wildman–Crippen LogP) is 5.09. The van der Waals surface area contributed by atoms with Crippen LogP contribution in [0.4, 0.5) is 0 Å². The molecule has 1 aliphatic carbocycles. The maximum atomic E-state index is 2.60. The molecule has 0 N–H and O–H groups in total. The van der Waals surface area contributed by atoms with E-state index < -0.39 is 0 Å². The van der Waals surface area contributed by atoms with Gasteiger partial charge in [0, 0.05) is 39.3 Å². The van der Waals surface area contributed by atoms with E-state index >= 15 is 0 Å². The van der Waals surface area contributed by atoms with E-state index in [4.69, 9.17) is 0 Å². The van der Waals surface area contributed by atoms with E-state index in [0.29, 0.717) is 0 Å². The van der Waals surface area contributed by atoms with Crippen molar-refractivity contribution in [3.8, 4) is 11.1 Å². The number of hydrogen-bond acceptors (Lipinski definition) is 2. The zero-order valence-corrected chi connectivity index (χ0v) is 16.9. The van der Waals surface area contributed by atoms with Gasteiger partial charge in [-0.2, -0.15) is 0 Å². The van der Waals surface area contributed by atoms with Crippen LogP contribution in [0, 0.1) is 0 Å². The van der Waals surface area contributed by atoms with Crippen molar-refractivity contribution in [2.45, 2.75) is 13.0 Å². The highest BCUT2D eigenvalue weighted by Crippen LogP contribution is 2.36. The van der Waals surface area contributed by atoms with Crippen LogP contribution < -0.4 is 0 Å². The van der Waals surface area contributed by atoms with Crippen molar-refractivity contribution in [3.63, 3.8) is 0 Å². The first-order valence-electron chi connectivity index (χ1n) is 10.7. The first-order valence-corrected chi connectivity index (χ1v) is 10.7. The topological polar surface area (TPSA) is 6.48 Å². The van der Waals surface area contributed by atoms with Crippen LogP contribution in [-0.4, -0.2) is 42.5 Å². The Kier molecular flexibility index (Phi) is 5.29. The summed E-state index contributed by atoms with van der Waals surface area (Å²) in [6.07, 6.45) is 5.61. The molecular weight excluding hydrogens is 352 g/mol. The fraction of sp³-hybridized carbons (Fsp3) is 0.259. The van der Waals surface area contributed by atoms with Gasteiger partial charge in [-0.25, -0.2) is 0 Å². The molecule has 146 valence electrons. The summed E-state index contributed by atoms with van der Waals surface area (Å²) in [7, 11) is 0. The highest BCUT2D eigenvalue weighted by Gasteiger charge is 2.20. The monoisotopic (exact) mass is 380 g/mol. The molecule has 2 heteroatoms. The molecule has 1 saturated heterocycles. The Hall–Kier alpha value is -2.68. The Morgan fingerprint density at radius 1 is 0.690 bits per heavy atom. The smallest absolute Gasteiger partial charge is 0.0234 e. The summed E-state index contributed by atoms with van der Waals surface area (Å²) in [5.41, 5.74) is 8.55. The molecule has 0 saturated carbocycles. The molecule has 0 radical (unpaired) electrons. The molecule has 0 amide bonds. The van der Waals surface area contributed by atoms with Crippen LogP contribution in [0.3, 0.4) is 0 Å². The molecule has 1 aliphatic heterocycles. The highest BCUT2D eigenvalue weighted by atomic mass is 15.3. The van der Waals surface area contributed by atoms with Crippen LogP contribution >= 0.6 is 0 Å². The standard InChI is InChI=1S/C27H28N2/c1-2-7-22(8-3-1)9-6-14-28-15-17-29(18-16-28)21-23-12-13-27-25(19-23)20-24-10-4-5-11-26(24)27/h1-13,19H,14-18,20-21H2. The molecule has 0 unspecified atom stereocenters. The summed E-state index contributed by atoms with van der Waals surface area (Å²) >= 11 is 0. The lowest BCUT2D eigenvalue weighted by molar-refractivity contribution is 0.137. The minimum absolute atomic E-state index is 1.04. The molecule has 2 aliphatic rings. The molecule has 0 aromatic heterocycles. The van der Waals surface area contributed by atoms with E-state index in [-0.39, 0.29) is 0 Å². The minimum Gasteiger partial charge on any atom is -0.297 e. The second-order valence-electron chi connectivity index (χ2n) is 8.22. The molecule has 1 fully saturated rings. The molecule has 0 spiro atoms. The second-order valence-corrected chi connectivity index (χ2v) is 8.22. The van der Waals surface area contributed by atoms with Gasteiger partial charge in [0.2, 0.25) is 0 Å². The van der Waals surface area contributed by atoms with Crippen LogP contribution in [0.1, 0.15) is 22.3 Å². The summed E-state index contributed by atoms with van der Waals surface area (Å²) in [4.78, 5) is 5.15. The maximum absolute atomic E-state index is 2.60.